The van der Waals surface area contributed by atoms with Gasteiger partial charge in [-0.25, -0.2) is 0 Å². The Morgan fingerprint density at radius 1 is 1.73 bits per heavy atom. The summed E-state index contributed by atoms with van der Waals surface area (Å²) in [5.74, 6) is -2.23. The van der Waals surface area contributed by atoms with Gasteiger partial charge < -0.3 is 4.74 Å². The molecule has 11 heavy (non-hydrogen) atoms. The largest absolute Gasteiger partial charge is 0.465 e. The summed E-state index contributed by atoms with van der Waals surface area (Å²) in [7, 11) is 0. The molecule has 5 heteroatoms. The number of nitriles is 1. The Morgan fingerprint density at radius 2 is 2.27 bits per heavy atom. The molecule has 0 bridgehead atoms. The summed E-state index contributed by atoms with van der Waals surface area (Å²) >= 11 is 3.34. The minimum absolute atomic E-state index is 0.151. The van der Waals surface area contributed by atoms with E-state index in [2.05, 4.69) is 17.4 Å². The van der Waals surface area contributed by atoms with Crippen LogP contribution in [0.2, 0.25) is 0 Å². The van der Waals surface area contributed by atoms with E-state index < -0.39 is 17.0 Å². The second-order valence-electron chi connectivity index (χ2n) is 1.65. The van der Waals surface area contributed by atoms with Crippen molar-refractivity contribution in [3.63, 3.8) is 0 Å². The molecule has 0 N–H and O–H groups in total. The Morgan fingerprint density at radius 3 is 2.55 bits per heavy atom. The molecule has 0 spiro atoms. The van der Waals surface area contributed by atoms with Crippen LogP contribution in [0.4, 0.5) is 0 Å². The molecule has 60 valence electrons. The maximum Gasteiger partial charge on any atom is 0.331 e. The number of rotatable bonds is 3. The number of hydrogen-bond acceptors (Lipinski definition) is 4. The van der Waals surface area contributed by atoms with E-state index in [1.165, 1.54) is 6.07 Å². The first-order valence-electron chi connectivity index (χ1n) is 2.92. The van der Waals surface area contributed by atoms with Gasteiger partial charge in [-0.15, -0.1) is 12.6 Å². The highest BCUT2D eigenvalue weighted by Gasteiger charge is 2.24. The van der Waals surface area contributed by atoms with Gasteiger partial charge in [0.1, 0.15) is 0 Å². The zero-order valence-corrected chi connectivity index (χ0v) is 6.80. The van der Waals surface area contributed by atoms with Crippen LogP contribution < -0.4 is 0 Å². The number of carbonyl (C=O) groups is 2. The van der Waals surface area contributed by atoms with Crippen molar-refractivity contribution in [1.82, 2.24) is 0 Å². The van der Waals surface area contributed by atoms with Gasteiger partial charge in [-0.2, -0.15) is 5.26 Å². The third-order valence-corrected chi connectivity index (χ3v) is 1.16. The fourth-order valence-corrected chi connectivity index (χ4v) is 0.597. The van der Waals surface area contributed by atoms with Crippen LogP contribution in [-0.2, 0) is 14.3 Å². The predicted octanol–water partition coefficient (Wildman–Crippen LogP) is 0.146. The smallest absolute Gasteiger partial charge is 0.331 e. The van der Waals surface area contributed by atoms with Crippen molar-refractivity contribution in [2.75, 3.05) is 6.61 Å². The van der Waals surface area contributed by atoms with E-state index >= 15 is 0 Å². The topological polar surface area (TPSA) is 67.2 Å². The van der Waals surface area contributed by atoms with Crippen LogP contribution in [-0.4, -0.2) is 17.7 Å². The summed E-state index contributed by atoms with van der Waals surface area (Å²) < 4.78 is 4.43. The lowest BCUT2D eigenvalue weighted by Gasteiger charge is -2.02. The number of esters is 1. The third kappa shape index (κ3) is 3.05. The van der Waals surface area contributed by atoms with Crippen LogP contribution in [0.1, 0.15) is 6.92 Å². The summed E-state index contributed by atoms with van der Waals surface area (Å²) in [6, 6.07) is 1.49. The first-order chi connectivity index (χ1) is 5.13. The van der Waals surface area contributed by atoms with Crippen LogP contribution in [0.3, 0.4) is 0 Å². The summed E-state index contributed by atoms with van der Waals surface area (Å²) in [4.78, 5) is 21.1. The molecular formula is C6H7NO3S. The summed E-state index contributed by atoms with van der Waals surface area (Å²) in [5.41, 5.74) is 0. The molecule has 0 aliphatic rings. The molecule has 0 aromatic heterocycles. The summed E-state index contributed by atoms with van der Waals surface area (Å²) in [5, 5.41) is 7.49. The Balaban J connectivity index is 4.18. The molecule has 0 aromatic rings. The molecule has 1 atom stereocenters. The second-order valence-corrected chi connectivity index (χ2v) is 2.09. The van der Waals surface area contributed by atoms with Crippen molar-refractivity contribution in [3.05, 3.63) is 0 Å². The number of carbonyl (C=O) groups excluding carboxylic acids is 2. The summed E-state index contributed by atoms with van der Waals surface area (Å²) in [6.07, 6.45) is 0. The van der Waals surface area contributed by atoms with Gasteiger partial charge in [0.25, 0.3) is 0 Å². The van der Waals surface area contributed by atoms with Crippen molar-refractivity contribution in [1.29, 1.82) is 5.26 Å². The molecule has 0 heterocycles. The number of ether oxygens (including phenoxy) is 1. The van der Waals surface area contributed by atoms with E-state index in [0.717, 1.165) is 0 Å². The standard InChI is InChI=1S/C6H7NO3S/c1-2-10-5(8)4(3-7)6(9)11/h4H,2H2,1H3,(H,9,11). The molecule has 0 saturated heterocycles. The lowest BCUT2D eigenvalue weighted by molar-refractivity contribution is -0.147. The molecule has 0 amide bonds. The van der Waals surface area contributed by atoms with E-state index in [1.807, 2.05) is 0 Å². The summed E-state index contributed by atoms with van der Waals surface area (Å²) in [6.45, 7) is 1.74. The lowest BCUT2D eigenvalue weighted by Crippen LogP contribution is -2.21. The quantitative estimate of drug-likeness (QED) is 0.374. The first kappa shape index (κ1) is 9.98. The molecule has 0 rings (SSSR count). The van der Waals surface area contributed by atoms with E-state index in [4.69, 9.17) is 5.26 Å². The van der Waals surface area contributed by atoms with Gasteiger partial charge in [-0.1, -0.05) is 0 Å². The van der Waals surface area contributed by atoms with Crippen LogP contribution >= 0.6 is 12.6 Å². The molecule has 0 fully saturated rings. The van der Waals surface area contributed by atoms with Crippen LogP contribution in [0.25, 0.3) is 0 Å². The Bertz CT molecular complexity index is 208. The fraction of sp³-hybridized carbons (Fsp3) is 0.500. The zero-order valence-electron chi connectivity index (χ0n) is 5.90. The molecular weight excluding hydrogens is 166 g/mol. The van der Waals surface area contributed by atoms with E-state index in [-0.39, 0.29) is 6.61 Å². The van der Waals surface area contributed by atoms with Gasteiger partial charge in [0.15, 0.2) is 0 Å². The van der Waals surface area contributed by atoms with Gasteiger partial charge in [0, 0.05) is 0 Å². The van der Waals surface area contributed by atoms with E-state index in [1.54, 1.807) is 6.92 Å². The van der Waals surface area contributed by atoms with Crippen LogP contribution in [0.5, 0.6) is 0 Å². The van der Waals surface area contributed by atoms with Crippen LogP contribution in [0.15, 0.2) is 0 Å². The number of thiol groups is 1. The minimum atomic E-state index is -1.39. The lowest BCUT2D eigenvalue weighted by atomic mass is 10.2. The highest BCUT2D eigenvalue weighted by atomic mass is 32.1. The second kappa shape index (κ2) is 4.74. The predicted molar refractivity (Wildman–Crippen MR) is 39.7 cm³/mol. The molecule has 0 aromatic carbocycles. The molecule has 1 unspecified atom stereocenters. The van der Waals surface area contributed by atoms with Gasteiger partial charge in [-0.05, 0) is 6.92 Å². The zero-order chi connectivity index (χ0) is 8.85. The van der Waals surface area contributed by atoms with Crippen LogP contribution in [0, 0.1) is 17.2 Å². The van der Waals surface area contributed by atoms with Gasteiger partial charge in [0.05, 0.1) is 12.7 Å². The van der Waals surface area contributed by atoms with Gasteiger partial charge >= 0.3 is 5.97 Å². The first-order valence-corrected chi connectivity index (χ1v) is 3.37. The van der Waals surface area contributed by atoms with Crippen molar-refractivity contribution >= 4 is 23.7 Å². The fourth-order valence-electron chi connectivity index (χ4n) is 0.434. The molecule has 0 aliphatic heterocycles. The van der Waals surface area contributed by atoms with Crippen molar-refractivity contribution in [2.24, 2.45) is 5.92 Å². The minimum Gasteiger partial charge on any atom is -0.465 e. The average Bonchev–Trinajstić information content (AvgIpc) is 1.88. The van der Waals surface area contributed by atoms with Crippen molar-refractivity contribution in [2.45, 2.75) is 6.92 Å². The van der Waals surface area contributed by atoms with E-state index in [0.29, 0.717) is 0 Å². The number of hydrogen-bond donors (Lipinski definition) is 1. The SMILES string of the molecule is CCOC(=O)C(C#N)C(=O)S. The normalized spacial score (nSPS) is 11.4. The Labute approximate surface area is 69.5 Å². The van der Waals surface area contributed by atoms with Crippen molar-refractivity contribution in [3.8, 4) is 6.07 Å². The highest BCUT2D eigenvalue weighted by Crippen LogP contribution is 2.02. The highest BCUT2D eigenvalue weighted by molar-refractivity contribution is 7.96. The molecule has 0 aliphatic carbocycles. The maximum atomic E-state index is 10.7. The Hall–Kier alpha value is -1.02. The average molecular weight is 173 g/mol. The monoisotopic (exact) mass is 173 g/mol. The van der Waals surface area contributed by atoms with Gasteiger partial charge in [-0.3, -0.25) is 9.59 Å². The third-order valence-electron chi connectivity index (χ3n) is 0.898. The molecule has 0 saturated carbocycles. The van der Waals surface area contributed by atoms with Gasteiger partial charge in [0.2, 0.25) is 11.0 Å². The maximum absolute atomic E-state index is 10.7. The number of nitrogens with zero attached hydrogens (tertiary/aromatic N) is 1. The van der Waals surface area contributed by atoms with Crippen molar-refractivity contribution < 1.29 is 14.3 Å². The van der Waals surface area contributed by atoms with E-state index in [9.17, 15) is 9.59 Å². The Kier molecular flexibility index (Phi) is 4.30. The molecule has 0 radical (unpaired) electrons. The molecule has 4 nitrogen and oxygen atoms in total.